The Morgan fingerprint density at radius 2 is 1.91 bits per heavy atom. The fraction of sp³-hybridized carbons (Fsp3) is 0.250. The van der Waals surface area contributed by atoms with Crippen LogP contribution in [0, 0.1) is 0 Å². The minimum absolute atomic E-state index is 0.251. The highest BCUT2D eigenvalue weighted by atomic mass is 19.4. The van der Waals surface area contributed by atoms with Gasteiger partial charge in [0.05, 0.1) is 17.8 Å². The van der Waals surface area contributed by atoms with E-state index in [4.69, 9.17) is 10.5 Å². The lowest BCUT2D eigenvalue weighted by Gasteiger charge is -2.31. The number of nitrogens with two attached hydrogens (primary N) is 1. The summed E-state index contributed by atoms with van der Waals surface area (Å²) >= 11 is 0. The van der Waals surface area contributed by atoms with Crippen LogP contribution in [0.5, 0.6) is 5.75 Å². The minimum atomic E-state index is -4.44. The molecule has 0 atom stereocenters. The molecule has 116 valence electrons. The third-order valence-electron chi connectivity index (χ3n) is 3.62. The molecule has 0 fully saturated rings. The molecule has 2 N–H and O–H groups in total. The number of hydrogen-bond donors (Lipinski definition) is 1. The van der Waals surface area contributed by atoms with Gasteiger partial charge in [-0.25, -0.2) is 0 Å². The third kappa shape index (κ3) is 2.81. The smallest absolute Gasteiger partial charge is 0.418 e. The molecule has 0 bridgehead atoms. The second-order valence-corrected chi connectivity index (χ2v) is 5.16. The van der Waals surface area contributed by atoms with E-state index in [2.05, 4.69) is 0 Å². The summed E-state index contributed by atoms with van der Waals surface area (Å²) in [7, 11) is 0. The predicted molar refractivity (Wildman–Crippen MR) is 78.8 cm³/mol. The molecule has 2 aromatic rings. The van der Waals surface area contributed by atoms with Crippen LogP contribution in [-0.2, 0) is 12.7 Å². The molecule has 3 nitrogen and oxygen atoms in total. The van der Waals surface area contributed by atoms with Crippen LogP contribution in [0.2, 0.25) is 0 Å². The maximum Gasteiger partial charge on any atom is 0.418 e. The zero-order chi connectivity index (χ0) is 15.7. The van der Waals surface area contributed by atoms with Gasteiger partial charge in [-0.15, -0.1) is 0 Å². The van der Waals surface area contributed by atoms with Gasteiger partial charge in [0.2, 0.25) is 0 Å². The van der Waals surface area contributed by atoms with E-state index in [9.17, 15) is 13.2 Å². The highest BCUT2D eigenvalue weighted by molar-refractivity contribution is 5.60. The summed E-state index contributed by atoms with van der Waals surface area (Å²) in [4.78, 5) is 2.00. The lowest BCUT2D eigenvalue weighted by atomic mass is 10.1. The molecule has 0 spiro atoms. The van der Waals surface area contributed by atoms with Crippen LogP contribution in [0.15, 0.2) is 42.5 Å². The van der Waals surface area contributed by atoms with Gasteiger partial charge in [-0.2, -0.15) is 13.2 Å². The van der Waals surface area contributed by atoms with E-state index >= 15 is 0 Å². The number of hydrogen-bond acceptors (Lipinski definition) is 3. The quantitative estimate of drug-likeness (QED) is 0.860. The number of rotatable bonds is 2. The Hall–Kier alpha value is -2.37. The molecular weight excluding hydrogens is 293 g/mol. The Balaban J connectivity index is 1.89. The molecule has 6 heteroatoms. The number of nitrogens with zero attached hydrogens (tertiary/aromatic N) is 1. The highest BCUT2D eigenvalue weighted by Gasteiger charge is 2.33. The van der Waals surface area contributed by atoms with Crippen LogP contribution in [-0.4, -0.2) is 13.2 Å². The van der Waals surface area contributed by atoms with Gasteiger partial charge in [0.1, 0.15) is 12.4 Å². The number of nitrogen functional groups attached to an aromatic ring is 1. The molecule has 0 saturated carbocycles. The van der Waals surface area contributed by atoms with E-state index in [0.29, 0.717) is 25.3 Å². The molecular formula is C16H15F3N2O. The summed E-state index contributed by atoms with van der Waals surface area (Å²) < 4.78 is 44.3. The second-order valence-electron chi connectivity index (χ2n) is 5.16. The van der Waals surface area contributed by atoms with Gasteiger partial charge in [0.15, 0.2) is 0 Å². The van der Waals surface area contributed by atoms with Crippen molar-refractivity contribution >= 4 is 11.4 Å². The summed E-state index contributed by atoms with van der Waals surface area (Å²) in [5.41, 5.74) is 5.85. The number of fused-ring (bicyclic) bond motifs is 1. The maximum absolute atomic E-state index is 12.9. The van der Waals surface area contributed by atoms with E-state index in [1.807, 2.05) is 29.2 Å². The minimum Gasteiger partial charge on any atom is -0.490 e. The summed E-state index contributed by atoms with van der Waals surface area (Å²) in [5.74, 6) is 0.750. The van der Waals surface area contributed by atoms with Crippen LogP contribution < -0.4 is 15.4 Å². The molecule has 0 radical (unpaired) electrons. The van der Waals surface area contributed by atoms with Gasteiger partial charge in [0.25, 0.3) is 0 Å². The number of ether oxygens (including phenoxy) is 1. The standard InChI is InChI=1S/C16H15F3N2O/c17-16(18,19)12-9-11(5-6-13(12)20)10-21-7-8-22-15-4-2-1-3-14(15)21/h1-6,9H,7-8,10,20H2. The summed E-state index contributed by atoms with van der Waals surface area (Å²) in [6.07, 6.45) is -4.44. The van der Waals surface area contributed by atoms with Crippen molar-refractivity contribution in [1.82, 2.24) is 0 Å². The lowest BCUT2D eigenvalue weighted by Crippen LogP contribution is -2.32. The van der Waals surface area contributed by atoms with E-state index in [1.165, 1.54) is 6.07 Å². The van der Waals surface area contributed by atoms with Crippen molar-refractivity contribution in [3.63, 3.8) is 0 Å². The lowest BCUT2D eigenvalue weighted by molar-refractivity contribution is -0.136. The monoisotopic (exact) mass is 308 g/mol. The van der Waals surface area contributed by atoms with Crippen LogP contribution >= 0.6 is 0 Å². The summed E-state index contributed by atoms with van der Waals surface area (Å²) in [5, 5.41) is 0. The zero-order valence-electron chi connectivity index (χ0n) is 11.7. The molecule has 0 unspecified atom stereocenters. The Bertz CT molecular complexity index is 685. The fourth-order valence-electron chi connectivity index (χ4n) is 2.56. The third-order valence-corrected chi connectivity index (χ3v) is 3.62. The molecule has 1 aliphatic rings. The van der Waals surface area contributed by atoms with E-state index in [0.717, 1.165) is 17.5 Å². The van der Waals surface area contributed by atoms with Crippen molar-refractivity contribution in [2.45, 2.75) is 12.7 Å². The number of para-hydroxylation sites is 2. The Morgan fingerprint density at radius 1 is 1.14 bits per heavy atom. The Morgan fingerprint density at radius 3 is 2.68 bits per heavy atom. The molecule has 22 heavy (non-hydrogen) atoms. The topological polar surface area (TPSA) is 38.5 Å². The summed E-state index contributed by atoms with van der Waals surface area (Å²) in [6, 6.07) is 11.6. The van der Waals surface area contributed by atoms with Gasteiger partial charge < -0.3 is 15.4 Å². The first-order chi connectivity index (χ1) is 10.4. The van der Waals surface area contributed by atoms with Gasteiger partial charge in [-0.3, -0.25) is 0 Å². The van der Waals surface area contributed by atoms with Crippen LogP contribution in [0.1, 0.15) is 11.1 Å². The SMILES string of the molecule is Nc1ccc(CN2CCOc3ccccc32)cc1C(F)(F)F. The molecule has 2 aromatic carbocycles. The normalized spacial score (nSPS) is 14.4. The molecule has 0 amide bonds. The van der Waals surface area contributed by atoms with E-state index in [-0.39, 0.29) is 5.69 Å². The van der Waals surface area contributed by atoms with E-state index in [1.54, 1.807) is 6.07 Å². The molecule has 0 aliphatic carbocycles. The van der Waals surface area contributed by atoms with Crippen molar-refractivity contribution in [2.24, 2.45) is 0 Å². The number of halogens is 3. The molecule has 3 rings (SSSR count). The Labute approximate surface area is 126 Å². The van der Waals surface area contributed by atoms with Crippen LogP contribution in [0.3, 0.4) is 0 Å². The number of alkyl halides is 3. The van der Waals surface area contributed by atoms with Gasteiger partial charge in [-0.1, -0.05) is 18.2 Å². The second kappa shape index (κ2) is 5.44. The van der Waals surface area contributed by atoms with Gasteiger partial charge in [-0.05, 0) is 29.8 Å². The van der Waals surface area contributed by atoms with Crippen molar-refractivity contribution in [3.05, 3.63) is 53.6 Å². The predicted octanol–water partition coefficient (Wildman–Crippen LogP) is 3.69. The van der Waals surface area contributed by atoms with Gasteiger partial charge in [0, 0.05) is 12.2 Å². The molecule has 1 aliphatic heterocycles. The van der Waals surface area contributed by atoms with Crippen LogP contribution in [0.4, 0.5) is 24.5 Å². The van der Waals surface area contributed by atoms with Crippen molar-refractivity contribution in [2.75, 3.05) is 23.8 Å². The van der Waals surface area contributed by atoms with Crippen molar-refractivity contribution in [3.8, 4) is 5.75 Å². The largest absolute Gasteiger partial charge is 0.490 e. The first-order valence-electron chi connectivity index (χ1n) is 6.87. The first-order valence-corrected chi connectivity index (χ1v) is 6.87. The Kier molecular flexibility index (Phi) is 3.60. The number of anilines is 2. The average Bonchev–Trinajstić information content (AvgIpc) is 2.48. The summed E-state index contributed by atoms with van der Waals surface area (Å²) in [6.45, 7) is 1.52. The van der Waals surface area contributed by atoms with Crippen LogP contribution in [0.25, 0.3) is 0 Å². The fourth-order valence-corrected chi connectivity index (χ4v) is 2.56. The van der Waals surface area contributed by atoms with E-state index < -0.39 is 11.7 Å². The zero-order valence-corrected chi connectivity index (χ0v) is 11.7. The highest BCUT2D eigenvalue weighted by Crippen LogP contribution is 2.36. The first kappa shape index (κ1) is 14.6. The van der Waals surface area contributed by atoms with Crippen molar-refractivity contribution in [1.29, 1.82) is 0 Å². The van der Waals surface area contributed by atoms with Gasteiger partial charge >= 0.3 is 6.18 Å². The average molecular weight is 308 g/mol. The number of benzene rings is 2. The maximum atomic E-state index is 12.9. The van der Waals surface area contributed by atoms with Crippen molar-refractivity contribution < 1.29 is 17.9 Å². The molecule has 1 heterocycles. The molecule has 0 saturated heterocycles. The molecule has 0 aromatic heterocycles.